The maximum Gasteiger partial charge on any atom is 0.305 e. The first-order valence-corrected chi connectivity index (χ1v) is 10.8. The number of ether oxygens (including phenoxy) is 2. The summed E-state index contributed by atoms with van der Waals surface area (Å²) < 4.78 is 11.3. The average molecular weight is 404 g/mol. The fourth-order valence-electron chi connectivity index (χ4n) is 4.26. The molecule has 2 N–H and O–H groups in total. The molecule has 156 valence electrons. The van der Waals surface area contributed by atoms with Crippen LogP contribution in [0.2, 0.25) is 0 Å². The summed E-state index contributed by atoms with van der Waals surface area (Å²) >= 11 is 0. The first-order valence-electron chi connectivity index (χ1n) is 10.8. The number of benzene rings is 3. The second-order valence-corrected chi connectivity index (χ2v) is 8.08. The van der Waals surface area contributed by atoms with E-state index in [0.717, 1.165) is 35.3 Å². The summed E-state index contributed by atoms with van der Waals surface area (Å²) in [4.78, 5) is 11.6. The molecule has 0 amide bonds. The number of carbonyl (C=O) groups excluding carboxylic acids is 1. The van der Waals surface area contributed by atoms with Crippen molar-refractivity contribution < 1.29 is 14.3 Å². The molecule has 4 heteroatoms. The molecule has 1 aliphatic rings. The van der Waals surface area contributed by atoms with Gasteiger partial charge in [-0.2, -0.15) is 0 Å². The second-order valence-electron chi connectivity index (χ2n) is 8.08. The van der Waals surface area contributed by atoms with Gasteiger partial charge in [0.2, 0.25) is 0 Å². The van der Waals surface area contributed by atoms with Gasteiger partial charge in [-0.3, -0.25) is 4.79 Å². The molecule has 4 nitrogen and oxygen atoms in total. The van der Waals surface area contributed by atoms with Gasteiger partial charge in [-0.1, -0.05) is 42.8 Å². The van der Waals surface area contributed by atoms with Crippen molar-refractivity contribution in [1.82, 2.24) is 0 Å². The zero-order valence-corrected chi connectivity index (χ0v) is 17.5. The minimum Gasteiger partial charge on any atom is -0.488 e. The van der Waals surface area contributed by atoms with Gasteiger partial charge in [0.05, 0.1) is 18.9 Å². The molecule has 0 atom stereocenters. The van der Waals surface area contributed by atoms with Crippen molar-refractivity contribution in [2.24, 2.45) is 0 Å². The number of carbonyl (C=O) groups is 1. The van der Waals surface area contributed by atoms with Gasteiger partial charge in [0.1, 0.15) is 5.75 Å². The Balaban J connectivity index is 1.74. The van der Waals surface area contributed by atoms with Crippen LogP contribution in [0.4, 0.5) is 5.69 Å². The summed E-state index contributed by atoms with van der Waals surface area (Å²) in [6.45, 7) is 0. The van der Waals surface area contributed by atoms with Crippen LogP contribution in [-0.4, -0.2) is 19.2 Å². The van der Waals surface area contributed by atoms with Gasteiger partial charge in [0.15, 0.2) is 0 Å². The average Bonchev–Trinajstić information content (AvgIpc) is 2.79. The SMILES string of the molecule is COC(=O)CCc1cc(N)c(OC2CCCCC2)c(-c2ccc3ccccc3c2)c1. The molecular weight excluding hydrogens is 374 g/mol. The Morgan fingerprint density at radius 2 is 1.77 bits per heavy atom. The molecule has 0 heterocycles. The third-order valence-corrected chi connectivity index (χ3v) is 5.92. The van der Waals surface area contributed by atoms with E-state index < -0.39 is 0 Å². The maximum atomic E-state index is 11.6. The molecule has 0 bridgehead atoms. The Kier molecular flexibility index (Phi) is 6.22. The van der Waals surface area contributed by atoms with Gasteiger partial charge < -0.3 is 15.2 Å². The quantitative estimate of drug-likeness (QED) is 0.411. The predicted octanol–water partition coefficient (Wildman–Crippen LogP) is 5.91. The van der Waals surface area contributed by atoms with Crippen LogP contribution >= 0.6 is 0 Å². The molecule has 1 saturated carbocycles. The van der Waals surface area contributed by atoms with E-state index in [-0.39, 0.29) is 12.1 Å². The number of rotatable bonds is 6. The van der Waals surface area contributed by atoms with Crippen LogP contribution in [0.3, 0.4) is 0 Å². The Morgan fingerprint density at radius 1 is 1.00 bits per heavy atom. The molecule has 0 aromatic heterocycles. The van der Waals surface area contributed by atoms with Crippen LogP contribution in [0.1, 0.15) is 44.1 Å². The third kappa shape index (κ3) is 4.59. The Bertz CT molecular complexity index is 1040. The first-order chi connectivity index (χ1) is 14.6. The van der Waals surface area contributed by atoms with E-state index in [1.807, 2.05) is 18.2 Å². The summed E-state index contributed by atoms with van der Waals surface area (Å²) in [5.74, 6) is 0.544. The standard InChI is InChI=1S/C26H29NO3/c1-29-25(28)14-11-18-15-23(21-13-12-19-7-5-6-8-20(19)17-21)26(24(27)16-18)30-22-9-3-2-4-10-22/h5-8,12-13,15-17,22H,2-4,9-11,14,27H2,1H3. The summed E-state index contributed by atoms with van der Waals surface area (Å²) in [6.07, 6.45) is 6.94. The van der Waals surface area contributed by atoms with E-state index in [1.54, 1.807) is 0 Å². The summed E-state index contributed by atoms with van der Waals surface area (Å²) in [7, 11) is 1.41. The van der Waals surface area contributed by atoms with E-state index in [2.05, 4.69) is 36.4 Å². The lowest BCUT2D eigenvalue weighted by molar-refractivity contribution is -0.140. The molecule has 3 aromatic carbocycles. The van der Waals surface area contributed by atoms with Gasteiger partial charge >= 0.3 is 5.97 Å². The number of hydrogen-bond acceptors (Lipinski definition) is 4. The lowest BCUT2D eigenvalue weighted by Gasteiger charge is -2.26. The van der Waals surface area contributed by atoms with Crippen molar-refractivity contribution in [1.29, 1.82) is 0 Å². The van der Waals surface area contributed by atoms with Gasteiger partial charge in [0.25, 0.3) is 0 Å². The van der Waals surface area contributed by atoms with E-state index in [1.165, 1.54) is 37.1 Å². The number of aryl methyl sites for hydroxylation is 1. The lowest BCUT2D eigenvalue weighted by atomic mass is 9.95. The fourth-order valence-corrected chi connectivity index (χ4v) is 4.26. The highest BCUT2D eigenvalue weighted by atomic mass is 16.5. The van der Waals surface area contributed by atoms with Crippen LogP contribution in [0, 0.1) is 0 Å². The molecule has 0 radical (unpaired) electrons. The van der Waals surface area contributed by atoms with E-state index in [9.17, 15) is 4.79 Å². The van der Waals surface area contributed by atoms with Crippen molar-refractivity contribution in [3.8, 4) is 16.9 Å². The van der Waals surface area contributed by atoms with Crippen LogP contribution in [0.25, 0.3) is 21.9 Å². The largest absolute Gasteiger partial charge is 0.488 e. The number of methoxy groups -OCH3 is 1. The number of nitrogen functional groups attached to an aromatic ring is 1. The molecule has 0 aliphatic heterocycles. The lowest BCUT2D eigenvalue weighted by Crippen LogP contribution is -2.20. The Hall–Kier alpha value is -3.01. The first kappa shape index (κ1) is 20.3. The van der Waals surface area contributed by atoms with Crippen molar-refractivity contribution in [2.75, 3.05) is 12.8 Å². The second kappa shape index (κ2) is 9.21. The molecule has 0 unspecified atom stereocenters. The van der Waals surface area contributed by atoms with Gasteiger partial charge in [-0.15, -0.1) is 0 Å². The molecule has 4 rings (SSSR count). The molecule has 0 spiro atoms. The van der Waals surface area contributed by atoms with E-state index in [0.29, 0.717) is 18.5 Å². The smallest absolute Gasteiger partial charge is 0.305 e. The van der Waals surface area contributed by atoms with Gasteiger partial charge in [-0.25, -0.2) is 0 Å². The molecule has 0 saturated heterocycles. The highest BCUT2D eigenvalue weighted by Crippen LogP contribution is 2.39. The minimum atomic E-state index is -0.219. The summed E-state index contributed by atoms with van der Waals surface area (Å²) in [5.41, 5.74) is 10.2. The van der Waals surface area contributed by atoms with Crippen LogP contribution in [0.5, 0.6) is 5.75 Å². The number of hydrogen-bond donors (Lipinski definition) is 1. The predicted molar refractivity (Wildman–Crippen MR) is 122 cm³/mol. The number of fused-ring (bicyclic) bond motifs is 1. The Morgan fingerprint density at radius 3 is 2.53 bits per heavy atom. The summed E-state index contributed by atoms with van der Waals surface area (Å²) in [6, 6.07) is 18.8. The van der Waals surface area contributed by atoms with E-state index >= 15 is 0 Å². The van der Waals surface area contributed by atoms with Gasteiger partial charge in [0, 0.05) is 12.0 Å². The summed E-state index contributed by atoms with van der Waals surface area (Å²) in [5, 5.41) is 2.38. The normalized spacial score (nSPS) is 14.6. The topological polar surface area (TPSA) is 61.5 Å². The van der Waals surface area contributed by atoms with Crippen LogP contribution in [0.15, 0.2) is 54.6 Å². The van der Waals surface area contributed by atoms with Crippen molar-refractivity contribution >= 4 is 22.4 Å². The van der Waals surface area contributed by atoms with Crippen molar-refractivity contribution in [2.45, 2.75) is 51.0 Å². The molecule has 30 heavy (non-hydrogen) atoms. The van der Waals surface area contributed by atoms with Crippen molar-refractivity contribution in [3.63, 3.8) is 0 Å². The number of esters is 1. The molecule has 1 fully saturated rings. The number of nitrogens with two attached hydrogens (primary N) is 1. The zero-order valence-electron chi connectivity index (χ0n) is 17.5. The molecular formula is C26H29NO3. The highest BCUT2D eigenvalue weighted by Gasteiger charge is 2.20. The fraction of sp³-hybridized carbons (Fsp3) is 0.346. The monoisotopic (exact) mass is 403 g/mol. The molecule has 1 aliphatic carbocycles. The Labute approximate surface area is 178 Å². The maximum absolute atomic E-state index is 11.6. The van der Waals surface area contributed by atoms with Gasteiger partial charge in [-0.05, 0) is 72.2 Å². The van der Waals surface area contributed by atoms with Crippen molar-refractivity contribution in [3.05, 3.63) is 60.2 Å². The zero-order chi connectivity index (χ0) is 20.9. The molecule has 3 aromatic rings. The van der Waals surface area contributed by atoms with Crippen LogP contribution in [-0.2, 0) is 16.0 Å². The van der Waals surface area contributed by atoms with Crippen LogP contribution < -0.4 is 10.5 Å². The van der Waals surface area contributed by atoms with E-state index in [4.69, 9.17) is 15.2 Å². The number of anilines is 1. The third-order valence-electron chi connectivity index (χ3n) is 5.92. The highest BCUT2D eigenvalue weighted by molar-refractivity contribution is 5.89. The minimum absolute atomic E-state index is 0.209.